The molecule has 0 bridgehead atoms. The van der Waals surface area contributed by atoms with Gasteiger partial charge in [0.25, 0.3) is 21.5 Å². The highest BCUT2D eigenvalue weighted by molar-refractivity contribution is 7.92. The van der Waals surface area contributed by atoms with E-state index in [2.05, 4.69) is 15.0 Å². The monoisotopic (exact) mass is 523 g/mol. The van der Waals surface area contributed by atoms with E-state index in [0.717, 1.165) is 37.1 Å². The van der Waals surface area contributed by atoms with Crippen LogP contribution in [0.5, 0.6) is 0 Å². The number of nitrogens with zero attached hydrogens (tertiary/aromatic N) is 1. The molecule has 4 rings (SSSR count). The van der Waals surface area contributed by atoms with E-state index < -0.39 is 38.9 Å². The average Bonchev–Trinajstić information content (AvgIpc) is 3.32. The maximum atomic E-state index is 13.3. The van der Waals surface area contributed by atoms with Crippen LogP contribution in [-0.4, -0.2) is 37.4 Å². The molecule has 0 unspecified atom stereocenters. The van der Waals surface area contributed by atoms with Gasteiger partial charge in [0.05, 0.1) is 11.3 Å². The summed E-state index contributed by atoms with van der Waals surface area (Å²) in [4.78, 5) is 41.1. The van der Waals surface area contributed by atoms with Crippen molar-refractivity contribution in [1.82, 2.24) is 9.97 Å². The van der Waals surface area contributed by atoms with Crippen LogP contribution in [0.15, 0.2) is 63.0 Å². The minimum atomic E-state index is -4.66. The summed E-state index contributed by atoms with van der Waals surface area (Å²) in [6.45, 7) is 1.15. The Morgan fingerprint density at radius 2 is 1.67 bits per heavy atom. The quantitative estimate of drug-likeness (QED) is 0.391. The molecule has 190 valence electrons. The lowest BCUT2D eigenvalue weighted by atomic mass is 10.2. The maximum Gasteiger partial charge on any atom is 0.416 e. The van der Waals surface area contributed by atoms with E-state index in [0.29, 0.717) is 24.8 Å². The smallest absolute Gasteiger partial charge is 0.370 e. The summed E-state index contributed by atoms with van der Waals surface area (Å²) in [6.07, 6.45) is -3.00. The minimum Gasteiger partial charge on any atom is -0.370 e. The molecular formula is C22H20F3N5O5S. The maximum absolute atomic E-state index is 13.3. The molecule has 2 aromatic carbocycles. The summed E-state index contributed by atoms with van der Waals surface area (Å²) in [5.74, 6) is -0.874. The number of anilines is 3. The average molecular weight is 523 g/mol. The lowest BCUT2D eigenvalue weighted by Gasteiger charge is -2.22. The van der Waals surface area contributed by atoms with E-state index in [1.54, 1.807) is 0 Å². The van der Waals surface area contributed by atoms with Crippen LogP contribution in [0.4, 0.5) is 30.2 Å². The molecule has 10 nitrogen and oxygen atoms in total. The second kappa shape index (κ2) is 9.53. The molecule has 4 N–H and O–H groups in total. The van der Waals surface area contributed by atoms with Gasteiger partial charge in [-0.05, 0) is 49.2 Å². The van der Waals surface area contributed by atoms with Gasteiger partial charge in [-0.25, -0.2) is 13.2 Å². The van der Waals surface area contributed by atoms with E-state index in [1.807, 2.05) is 9.88 Å². The van der Waals surface area contributed by atoms with Gasteiger partial charge in [-0.1, -0.05) is 6.07 Å². The fraction of sp³-hybridized carbons (Fsp3) is 0.227. The molecule has 1 fully saturated rings. The van der Waals surface area contributed by atoms with Gasteiger partial charge in [0.15, 0.2) is 0 Å². The summed E-state index contributed by atoms with van der Waals surface area (Å²) in [7, 11) is -4.40. The van der Waals surface area contributed by atoms with Crippen molar-refractivity contribution in [2.75, 3.05) is 28.0 Å². The molecule has 1 aliphatic heterocycles. The Hall–Kier alpha value is -4.07. The Bertz CT molecular complexity index is 1500. The van der Waals surface area contributed by atoms with Crippen molar-refractivity contribution >= 4 is 33.0 Å². The predicted molar refractivity (Wildman–Crippen MR) is 126 cm³/mol. The first-order valence-corrected chi connectivity index (χ1v) is 12.1. The number of alkyl halides is 3. The molecule has 1 aliphatic rings. The van der Waals surface area contributed by atoms with E-state index in [-0.39, 0.29) is 22.0 Å². The number of sulfonamides is 1. The second-order valence-electron chi connectivity index (χ2n) is 8.02. The lowest BCUT2D eigenvalue weighted by molar-refractivity contribution is -0.137. The van der Waals surface area contributed by atoms with Gasteiger partial charge in [0.1, 0.15) is 10.6 Å². The number of nitrogens with one attached hydrogen (secondary N) is 4. The highest BCUT2D eigenvalue weighted by Gasteiger charge is 2.31. The minimum absolute atomic E-state index is 0.0218. The van der Waals surface area contributed by atoms with Crippen molar-refractivity contribution in [2.45, 2.75) is 23.9 Å². The molecule has 14 heteroatoms. The second-order valence-corrected chi connectivity index (χ2v) is 9.67. The molecule has 1 aromatic heterocycles. The van der Waals surface area contributed by atoms with E-state index >= 15 is 0 Å². The third-order valence-corrected chi connectivity index (χ3v) is 6.81. The first-order chi connectivity index (χ1) is 16.9. The van der Waals surface area contributed by atoms with Crippen molar-refractivity contribution in [3.8, 4) is 0 Å². The molecular weight excluding hydrogens is 503 g/mol. The van der Waals surface area contributed by atoms with Crippen LogP contribution in [0.1, 0.15) is 28.9 Å². The number of carbonyl (C=O) groups is 1. The Labute approximate surface area is 202 Å². The topological polar surface area (TPSA) is 144 Å². The molecule has 0 spiro atoms. The number of hydrogen-bond acceptors (Lipinski definition) is 6. The van der Waals surface area contributed by atoms with Gasteiger partial charge in [0.2, 0.25) is 0 Å². The standard InChI is InChI=1S/C22H20F3N5O5S/c23-22(24,25)13-4-3-5-15(10-13)29-36(34,35)18-11-14(6-7-17(18)30-8-1-2-9-30)26-20(32)16-12-19(31)28-21(33)27-16/h3-7,10-12,29H,1-2,8-9H2,(H,26,32)(H2,27,28,31,33). The van der Waals surface area contributed by atoms with E-state index in [1.165, 1.54) is 18.2 Å². The molecule has 0 saturated carbocycles. The van der Waals surface area contributed by atoms with Crippen LogP contribution in [0.2, 0.25) is 0 Å². The number of halogens is 3. The number of hydrogen-bond donors (Lipinski definition) is 4. The highest BCUT2D eigenvalue weighted by atomic mass is 32.2. The number of carbonyl (C=O) groups excluding carboxylic acids is 1. The number of amides is 1. The number of aromatic nitrogens is 2. The summed E-state index contributed by atoms with van der Waals surface area (Å²) < 4.78 is 68.1. The third-order valence-electron chi connectivity index (χ3n) is 5.40. The number of aromatic amines is 2. The SMILES string of the molecule is O=C(Nc1ccc(N2CCCC2)c(S(=O)(=O)Nc2cccc(C(F)(F)F)c2)c1)c1cc(=O)[nH]c(=O)[nH]1. The largest absolute Gasteiger partial charge is 0.416 e. The van der Waals surface area contributed by atoms with Crippen LogP contribution >= 0.6 is 0 Å². The Kier molecular flexibility index (Phi) is 6.63. The number of rotatable bonds is 6. The first kappa shape index (κ1) is 25.0. The van der Waals surface area contributed by atoms with Gasteiger partial charge in [0, 0.05) is 30.5 Å². The molecule has 1 amide bonds. The number of H-pyrrole nitrogens is 2. The van der Waals surface area contributed by atoms with E-state index in [9.17, 15) is 36.0 Å². The highest BCUT2D eigenvalue weighted by Crippen LogP contribution is 2.34. The molecule has 1 saturated heterocycles. The third kappa shape index (κ3) is 5.59. The molecule has 0 radical (unpaired) electrons. The number of benzene rings is 2. The zero-order valence-electron chi connectivity index (χ0n) is 18.5. The Morgan fingerprint density at radius 1 is 0.944 bits per heavy atom. The fourth-order valence-corrected chi connectivity index (χ4v) is 5.09. The fourth-order valence-electron chi connectivity index (χ4n) is 3.79. The zero-order valence-corrected chi connectivity index (χ0v) is 19.3. The predicted octanol–water partition coefficient (Wildman–Crippen LogP) is 2.74. The van der Waals surface area contributed by atoms with Crippen molar-refractivity contribution in [2.24, 2.45) is 0 Å². The Morgan fingerprint density at radius 3 is 2.33 bits per heavy atom. The molecule has 0 atom stereocenters. The van der Waals surface area contributed by atoms with Crippen molar-refractivity contribution in [3.63, 3.8) is 0 Å². The van der Waals surface area contributed by atoms with Crippen molar-refractivity contribution < 1.29 is 26.4 Å². The summed E-state index contributed by atoms with van der Waals surface area (Å²) in [5, 5.41) is 2.41. The Balaban J connectivity index is 1.70. The van der Waals surface area contributed by atoms with Gasteiger partial charge in [-0.2, -0.15) is 13.2 Å². The molecule has 0 aliphatic carbocycles. The van der Waals surface area contributed by atoms with Crippen molar-refractivity contribution in [3.05, 3.63) is 80.6 Å². The van der Waals surface area contributed by atoms with Crippen LogP contribution in [0.25, 0.3) is 0 Å². The van der Waals surface area contributed by atoms with Gasteiger partial charge < -0.3 is 15.2 Å². The van der Waals surface area contributed by atoms with Gasteiger partial charge in [-0.3, -0.25) is 19.3 Å². The van der Waals surface area contributed by atoms with E-state index in [4.69, 9.17) is 0 Å². The molecule has 2 heterocycles. The summed E-state index contributed by atoms with van der Waals surface area (Å²) in [6, 6.07) is 8.72. The first-order valence-electron chi connectivity index (χ1n) is 10.7. The van der Waals surface area contributed by atoms with Crippen LogP contribution in [0.3, 0.4) is 0 Å². The molecule has 3 aromatic rings. The van der Waals surface area contributed by atoms with Crippen molar-refractivity contribution in [1.29, 1.82) is 0 Å². The van der Waals surface area contributed by atoms with Crippen LogP contribution in [0, 0.1) is 0 Å². The van der Waals surface area contributed by atoms with Gasteiger partial charge in [-0.15, -0.1) is 0 Å². The van der Waals surface area contributed by atoms with Crippen LogP contribution < -0.4 is 26.2 Å². The van der Waals surface area contributed by atoms with Crippen LogP contribution in [-0.2, 0) is 16.2 Å². The van der Waals surface area contributed by atoms with Gasteiger partial charge >= 0.3 is 11.9 Å². The summed E-state index contributed by atoms with van der Waals surface area (Å²) >= 11 is 0. The zero-order chi connectivity index (χ0) is 26.1. The lowest BCUT2D eigenvalue weighted by Crippen LogP contribution is -2.27. The summed E-state index contributed by atoms with van der Waals surface area (Å²) in [5.41, 5.74) is -3.02. The molecule has 36 heavy (non-hydrogen) atoms. The normalized spacial score (nSPS) is 14.0.